The summed E-state index contributed by atoms with van der Waals surface area (Å²) < 4.78 is 15.0. The summed E-state index contributed by atoms with van der Waals surface area (Å²) >= 11 is 0. The Labute approximate surface area is 197 Å². The first-order valence-electron chi connectivity index (χ1n) is 11.7. The summed E-state index contributed by atoms with van der Waals surface area (Å²) in [7, 11) is 1.85. The van der Waals surface area contributed by atoms with E-state index in [0.29, 0.717) is 56.2 Å². The van der Waals surface area contributed by atoms with Crippen LogP contribution in [0.1, 0.15) is 12.8 Å². The van der Waals surface area contributed by atoms with Gasteiger partial charge >= 0.3 is 0 Å². The lowest BCUT2D eigenvalue weighted by atomic mass is 9.99. The molecule has 180 valence electrons. The van der Waals surface area contributed by atoms with Crippen LogP contribution in [0.15, 0.2) is 41.7 Å². The van der Waals surface area contributed by atoms with Crippen LogP contribution in [0, 0.1) is 5.92 Å². The Bertz CT molecular complexity index is 1140. The number of morpholine rings is 1. The summed E-state index contributed by atoms with van der Waals surface area (Å²) in [6.07, 6.45) is 9.13. The van der Waals surface area contributed by atoms with Gasteiger partial charge in [0.15, 0.2) is 5.75 Å². The number of nitrogens with one attached hydrogen (secondary N) is 1. The quantitative estimate of drug-likeness (QED) is 0.538. The van der Waals surface area contributed by atoms with Gasteiger partial charge in [0.1, 0.15) is 0 Å². The molecule has 11 nitrogen and oxygen atoms in total. The number of hydrogen-bond acceptors (Lipinski definition) is 9. The molecule has 0 spiro atoms. The zero-order valence-electron chi connectivity index (χ0n) is 19.3. The number of ether oxygens (including phenoxy) is 2. The molecular formula is C23H30N8O3. The highest BCUT2D eigenvalue weighted by molar-refractivity contribution is 5.55. The van der Waals surface area contributed by atoms with Crippen molar-refractivity contribution in [3.8, 4) is 17.0 Å². The topological polar surface area (TPSA) is 112 Å². The maximum atomic E-state index is 12.4. The zero-order valence-corrected chi connectivity index (χ0v) is 19.3. The van der Waals surface area contributed by atoms with E-state index in [2.05, 4.69) is 30.4 Å². The molecule has 0 radical (unpaired) electrons. The Morgan fingerprint density at radius 3 is 2.76 bits per heavy atom. The van der Waals surface area contributed by atoms with E-state index in [9.17, 15) is 4.79 Å². The van der Waals surface area contributed by atoms with Crippen LogP contribution in [0.2, 0.25) is 0 Å². The molecule has 11 heteroatoms. The summed E-state index contributed by atoms with van der Waals surface area (Å²) in [5.74, 6) is 1.90. The summed E-state index contributed by atoms with van der Waals surface area (Å²) in [6, 6.07) is 3.24. The molecule has 1 N–H and O–H groups in total. The molecule has 3 aromatic heterocycles. The van der Waals surface area contributed by atoms with Crippen molar-refractivity contribution in [3.05, 3.63) is 47.3 Å². The highest BCUT2D eigenvalue weighted by atomic mass is 16.5. The van der Waals surface area contributed by atoms with Crippen molar-refractivity contribution in [2.45, 2.75) is 25.5 Å². The zero-order chi connectivity index (χ0) is 23.3. The molecule has 0 aromatic carbocycles. The number of piperidine rings is 1. The number of aromatic nitrogens is 6. The Morgan fingerprint density at radius 1 is 1.18 bits per heavy atom. The molecule has 0 amide bonds. The van der Waals surface area contributed by atoms with Crippen LogP contribution < -0.4 is 20.5 Å². The smallest absolute Gasteiger partial charge is 0.266 e. The number of nitrogens with zero attached hydrogens (tertiary/aromatic N) is 7. The number of aryl methyl sites for hydroxylation is 1. The van der Waals surface area contributed by atoms with Gasteiger partial charge in [-0.15, -0.1) is 0 Å². The van der Waals surface area contributed by atoms with Gasteiger partial charge in [0, 0.05) is 38.0 Å². The lowest BCUT2D eigenvalue weighted by Crippen LogP contribution is -2.46. The highest BCUT2D eigenvalue weighted by Gasteiger charge is 2.24. The second kappa shape index (κ2) is 10.3. The molecule has 5 rings (SSSR count). The fourth-order valence-electron chi connectivity index (χ4n) is 4.30. The fraction of sp³-hybridized carbons (Fsp3) is 0.522. The molecule has 3 aromatic rings. The van der Waals surface area contributed by atoms with E-state index in [1.165, 1.54) is 10.7 Å². The van der Waals surface area contributed by atoms with Crippen LogP contribution in [0.25, 0.3) is 11.3 Å². The number of anilines is 1. The normalized spacial score (nSPS) is 19.3. The highest BCUT2D eigenvalue weighted by Crippen LogP contribution is 2.19. The minimum atomic E-state index is -0.206. The first kappa shape index (κ1) is 22.5. The lowest BCUT2D eigenvalue weighted by molar-refractivity contribution is 0.0260. The third-order valence-electron chi connectivity index (χ3n) is 6.22. The molecule has 2 aliphatic rings. The Kier molecular flexibility index (Phi) is 6.82. The van der Waals surface area contributed by atoms with Crippen molar-refractivity contribution in [2.24, 2.45) is 13.0 Å². The molecule has 2 aliphatic heterocycles. The van der Waals surface area contributed by atoms with Crippen LogP contribution in [0.4, 0.5) is 5.95 Å². The molecule has 2 fully saturated rings. The van der Waals surface area contributed by atoms with E-state index < -0.39 is 0 Å². The average molecular weight is 467 g/mol. The van der Waals surface area contributed by atoms with Gasteiger partial charge in [-0.25, -0.2) is 14.6 Å². The van der Waals surface area contributed by atoms with Gasteiger partial charge < -0.3 is 19.7 Å². The standard InChI is InChI=1S/C23H30N8O3/c1-29-13-18(10-27-29)21-2-3-22(32)31(28-21)15-20-14-30(8-9-33-20)23-25-11-19(12-26-23)34-16-17-4-6-24-7-5-17/h2-3,10-13,17,20,24H,4-9,14-16H2,1H3. The van der Waals surface area contributed by atoms with Crippen LogP contribution in [-0.4, -0.2) is 75.0 Å². The maximum Gasteiger partial charge on any atom is 0.266 e. The van der Waals surface area contributed by atoms with Gasteiger partial charge in [0.25, 0.3) is 5.56 Å². The molecular weight excluding hydrogens is 436 g/mol. The third-order valence-corrected chi connectivity index (χ3v) is 6.22. The van der Waals surface area contributed by atoms with Crippen molar-refractivity contribution in [3.63, 3.8) is 0 Å². The Balaban J connectivity index is 1.20. The van der Waals surface area contributed by atoms with Crippen molar-refractivity contribution in [1.29, 1.82) is 0 Å². The first-order valence-corrected chi connectivity index (χ1v) is 11.7. The Morgan fingerprint density at radius 2 is 2.00 bits per heavy atom. The summed E-state index contributed by atoms with van der Waals surface area (Å²) in [4.78, 5) is 23.5. The van der Waals surface area contributed by atoms with Crippen LogP contribution in [0.5, 0.6) is 5.75 Å². The minimum Gasteiger partial charge on any atom is -0.490 e. The van der Waals surface area contributed by atoms with E-state index >= 15 is 0 Å². The maximum absolute atomic E-state index is 12.4. The van der Waals surface area contributed by atoms with Gasteiger partial charge in [-0.2, -0.15) is 10.2 Å². The molecule has 0 bridgehead atoms. The fourth-order valence-corrected chi connectivity index (χ4v) is 4.30. The van der Waals surface area contributed by atoms with Crippen molar-refractivity contribution < 1.29 is 9.47 Å². The molecule has 1 atom stereocenters. The lowest BCUT2D eigenvalue weighted by Gasteiger charge is -2.33. The van der Waals surface area contributed by atoms with Gasteiger partial charge in [0.05, 0.1) is 50.1 Å². The number of rotatable bonds is 7. The predicted octanol–water partition coefficient (Wildman–Crippen LogP) is 0.718. The molecule has 34 heavy (non-hydrogen) atoms. The molecule has 1 unspecified atom stereocenters. The second-order valence-corrected chi connectivity index (χ2v) is 8.80. The van der Waals surface area contributed by atoms with Gasteiger partial charge in [-0.1, -0.05) is 0 Å². The van der Waals surface area contributed by atoms with Crippen LogP contribution >= 0.6 is 0 Å². The molecule has 2 saturated heterocycles. The van der Waals surface area contributed by atoms with E-state index in [1.807, 2.05) is 13.2 Å². The van der Waals surface area contributed by atoms with E-state index in [1.54, 1.807) is 29.3 Å². The van der Waals surface area contributed by atoms with Gasteiger partial charge in [-0.05, 0) is 37.9 Å². The molecule has 0 aliphatic carbocycles. The molecule has 5 heterocycles. The Hall–Kier alpha value is -3.31. The summed E-state index contributed by atoms with van der Waals surface area (Å²) in [6.45, 7) is 4.93. The average Bonchev–Trinajstić information content (AvgIpc) is 3.31. The monoisotopic (exact) mass is 466 g/mol. The number of hydrogen-bond donors (Lipinski definition) is 1. The first-order chi connectivity index (χ1) is 16.6. The van der Waals surface area contributed by atoms with Crippen molar-refractivity contribution >= 4 is 5.95 Å². The van der Waals surface area contributed by atoms with Gasteiger partial charge in [0.2, 0.25) is 5.95 Å². The van der Waals surface area contributed by atoms with Gasteiger partial charge in [-0.3, -0.25) is 9.48 Å². The third kappa shape index (κ3) is 5.42. The largest absolute Gasteiger partial charge is 0.490 e. The predicted molar refractivity (Wildman–Crippen MR) is 126 cm³/mol. The summed E-state index contributed by atoms with van der Waals surface area (Å²) in [5, 5.41) is 12.1. The second-order valence-electron chi connectivity index (χ2n) is 8.80. The van der Waals surface area contributed by atoms with Crippen LogP contribution in [0.3, 0.4) is 0 Å². The minimum absolute atomic E-state index is 0.167. The summed E-state index contributed by atoms with van der Waals surface area (Å²) in [5.41, 5.74) is 1.39. The van der Waals surface area contributed by atoms with E-state index in [-0.39, 0.29) is 11.7 Å². The molecule has 0 saturated carbocycles. The van der Waals surface area contributed by atoms with Crippen molar-refractivity contribution in [2.75, 3.05) is 44.3 Å². The SMILES string of the molecule is Cn1cc(-c2ccc(=O)n(CC3CN(c4ncc(OCC5CCNCC5)cn4)CCO3)n2)cn1. The van der Waals surface area contributed by atoms with Crippen LogP contribution in [-0.2, 0) is 18.3 Å². The van der Waals surface area contributed by atoms with E-state index in [4.69, 9.17) is 9.47 Å². The van der Waals surface area contributed by atoms with E-state index in [0.717, 1.165) is 31.5 Å². The van der Waals surface area contributed by atoms with Crippen molar-refractivity contribution in [1.82, 2.24) is 34.8 Å².